The summed E-state index contributed by atoms with van der Waals surface area (Å²) in [5, 5.41) is 15.7. The molecule has 3 rings (SSSR count). The van der Waals surface area contributed by atoms with Crippen LogP contribution in [0, 0.1) is 5.92 Å². The van der Waals surface area contributed by atoms with Gasteiger partial charge in [-0.3, -0.25) is 9.59 Å². The molecule has 1 aromatic carbocycles. The zero-order valence-electron chi connectivity index (χ0n) is 27.5. The van der Waals surface area contributed by atoms with Crippen LogP contribution in [0.15, 0.2) is 18.2 Å². The van der Waals surface area contributed by atoms with Gasteiger partial charge in [0, 0.05) is 50.8 Å². The molecule has 2 aliphatic rings. The summed E-state index contributed by atoms with van der Waals surface area (Å²) in [6.45, 7) is 6.15. The van der Waals surface area contributed by atoms with Crippen molar-refractivity contribution in [3.05, 3.63) is 23.8 Å². The first kappa shape index (κ1) is 37.4. The molecule has 0 saturated heterocycles. The number of hydrogen-bond acceptors (Lipinski definition) is 6. The van der Waals surface area contributed by atoms with Gasteiger partial charge in [-0.15, -0.1) is 0 Å². The Hall–Kier alpha value is -3.06. The number of amides is 4. The predicted molar refractivity (Wildman–Crippen MR) is 169 cm³/mol. The van der Waals surface area contributed by atoms with Crippen molar-refractivity contribution in [3.63, 3.8) is 0 Å². The van der Waals surface area contributed by atoms with Crippen LogP contribution in [0.25, 0.3) is 0 Å². The Labute approximate surface area is 270 Å². The van der Waals surface area contributed by atoms with Crippen molar-refractivity contribution < 1.29 is 42.1 Å². The Morgan fingerprint density at radius 2 is 1.80 bits per heavy atom. The number of aliphatic hydroxyl groups excluding tert-OH is 1. The van der Waals surface area contributed by atoms with Gasteiger partial charge < -0.3 is 35.0 Å². The minimum atomic E-state index is -4.47. The van der Waals surface area contributed by atoms with Crippen molar-refractivity contribution in [1.82, 2.24) is 15.1 Å². The summed E-state index contributed by atoms with van der Waals surface area (Å²) in [6.07, 6.45) is 0.402. The summed E-state index contributed by atoms with van der Waals surface area (Å²) in [4.78, 5) is 42.6. The Balaban J connectivity index is 1.85. The highest BCUT2D eigenvalue weighted by molar-refractivity contribution is 5.99. The number of nitrogens with one attached hydrogen (secondary N) is 2. The fourth-order valence-electron chi connectivity index (χ4n) is 5.83. The van der Waals surface area contributed by atoms with Gasteiger partial charge in [0.2, 0.25) is 5.91 Å². The number of aliphatic hydroxyl groups is 1. The molecule has 10 nitrogen and oxygen atoms in total. The fourth-order valence-corrected chi connectivity index (χ4v) is 5.83. The standard InChI is InChI=1S/C33H51F3N4O6/c1-22-19-40(23(2)21-41)31(43)27-18-26(37-30(42)15-16-33(34,35)36)13-14-28(27)46-24(3)10-8-9-17-45-29(22)20-39(4)32(44)38-25-11-6-5-7-12-25/h13-14,18,22-25,29,41H,5-12,15-17,19-21H2,1-4H3,(H,37,42)(H,38,44)/t22-,23+,24-,29+/m1/s1. The normalized spacial score (nSPS) is 23.0. The largest absolute Gasteiger partial charge is 0.490 e. The zero-order chi connectivity index (χ0) is 33.9. The smallest absolute Gasteiger partial charge is 0.389 e. The molecule has 13 heteroatoms. The van der Waals surface area contributed by atoms with E-state index in [1.165, 1.54) is 29.5 Å². The lowest BCUT2D eigenvalue weighted by Crippen LogP contribution is -2.50. The van der Waals surface area contributed by atoms with E-state index < -0.39 is 43.0 Å². The molecule has 0 bridgehead atoms. The molecule has 1 heterocycles. The molecule has 0 aromatic heterocycles. The number of ether oxygens (including phenoxy) is 2. The van der Waals surface area contributed by atoms with Crippen LogP contribution in [-0.2, 0) is 9.53 Å². The third-order valence-electron chi connectivity index (χ3n) is 8.70. The van der Waals surface area contributed by atoms with Gasteiger partial charge in [0.15, 0.2) is 0 Å². The van der Waals surface area contributed by atoms with Gasteiger partial charge in [0.1, 0.15) is 5.75 Å². The van der Waals surface area contributed by atoms with E-state index in [9.17, 15) is 32.7 Å². The third kappa shape index (κ3) is 11.9. The monoisotopic (exact) mass is 656 g/mol. The van der Waals surface area contributed by atoms with Crippen molar-refractivity contribution in [2.45, 2.75) is 115 Å². The van der Waals surface area contributed by atoms with Gasteiger partial charge >= 0.3 is 12.2 Å². The van der Waals surface area contributed by atoms with Crippen LogP contribution in [-0.4, -0.2) is 96.6 Å². The average molecular weight is 657 g/mol. The zero-order valence-corrected chi connectivity index (χ0v) is 27.5. The lowest BCUT2D eigenvalue weighted by molar-refractivity contribution is -0.142. The maximum absolute atomic E-state index is 14.2. The molecule has 0 radical (unpaired) electrons. The van der Waals surface area contributed by atoms with E-state index >= 15 is 0 Å². The first-order valence-electron chi connectivity index (χ1n) is 16.5. The van der Waals surface area contributed by atoms with E-state index in [4.69, 9.17) is 9.47 Å². The van der Waals surface area contributed by atoms with E-state index in [0.717, 1.165) is 38.5 Å². The summed E-state index contributed by atoms with van der Waals surface area (Å²) in [6, 6.07) is 3.82. The van der Waals surface area contributed by atoms with E-state index in [0.29, 0.717) is 19.6 Å². The highest BCUT2D eigenvalue weighted by Gasteiger charge is 2.32. The summed E-state index contributed by atoms with van der Waals surface area (Å²) >= 11 is 0. The Kier molecular flexibility index (Phi) is 14.4. The number of anilines is 1. The van der Waals surface area contributed by atoms with Crippen LogP contribution in [0.1, 0.15) is 95.3 Å². The van der Waals surface area contributed by atoms with E-state index in [1.807, 2.05) is 13.8 Å². The quantitative estimate of drug-likeness (QED) is 0.329. The molecular formula is C33H51F3N4O6. The van der Waals surface area contributed by atoms with Crippen molar-refractivity contribution in [3.8, 4) is 5.75 Å². The summed E-state index contributed by atoms with van der Waals surface area (Å²) in [5.41, 5.74) is 0.277. The van der Waals surface area contributed by atoms with Crippen LogP contribution in [0.4, 0.5) is 23.7 Å². The second kappa shape index (κ2) is 17.7. The fraction of sp³-hybridized carbons (Fsp3) is 0.727. The number of halogens is 3. The number of hydrogen-bond donors (Lipinski definition) is 3. The number of rotatable bonds is 8. The van der Waals surface area contributed by atoms with Crippen LogP contribution < -0.4 is 15.4 Å². The summed E-state index contributed by atoms with van der Waals surface area (Å²) < 4.78 is 50.5. The van der Waals surface area contributed by atoms with E-state index in [-0.39, 0.29) is 54.2 Å². The number of likely N-dealkylation sites (N-methyl/N-ethyl adjacent to an activating group) is 1. The molecule has 1 saturated carbocycles. The van der Waals surface area contributed by atoms with Gasteiger partial charge in [-0.05, 0) is 64.2 Å². The molecular weight excluding hydrogens is 605 g/mol. The van der Waals surface area contributed by atoms with Crippen LogP contribution in [0.3, 0.4) is 0 Å². The third-order valence-corrected chi connectivity index (χ3v) is 8.70. The van der Waals surface area contributed by atoms with Crippen molar-refractivity contribution in [2.75, 3.05) is 38.7 Å². The molecule has 4 atom stereocenters. The number of benzene rings is 1. The molecule has 1 aliphatic heterocycles. The molecule has 3 N–H and O–H groups in total. The van der Waals surface area contributed by atoms with Gasteiger partial charge in [0.25, 0.3) is 5.91 Å². The minimum absolute atomic E-state index is 0.117. The van der Waals surface area contributed by atoms with E-state index in [1.54, 1.807) is 18.9 Å². The molecule has 0 unspecified atom stereocenters. The number of carbonyl (C=O) groups excluding carboxylic acids is 3. The highest BCUT2D eigenvalue weighted by atomic mass is 19.4. The number of nitrogens with zero attached hydrogens (tertiary/aromatic N) is 2. The number of fused-ring (bicyclic) bond motifs is 1. The Morgan fingerprint density at radius 3 is 2.48 bits per heavy atom. The van der Waals surface area contributed by atoms with Crippen molar-refractivity contribution in [1.29, 1.82) is 0 Å². The summed E-state index contributed by atoms with van der Waals surface area (Å²) in [5.74, 6) is -1.27. The number of carbonyl (C=O) groups is 3. The SMILES string of the molecule is C[C@@H]1CCCCO[C@@H](CN(C)C(=O)NC2CCCCC2)[C@H](C)CN([C@@H](C)CO)C(=O)c2cc(NC(=O)CCC(F)(F)F)ccc2O1. The molecule has 4 amide bonds. The van der Waals surface area contributed by atoms with Crippen LogP contribution in [0.5, 0.6) is 5.75 Å². The first-order valence-corrected chi connectivity index (χ1v) is 16.5. The Morgan fingerprint density at radius 1 is 1.11 bits per heavy atom. The summed E-state index contributed by atoms with van der Waals surface area (Å²) in [7, 11) is 1.73. The Bertz CT molecular complexity index is 1150. The lowest BCUT2D eigenvalue weighted by atomic mass is 9.96. The van der Waals surface area contributed by atoms with Gasteiger partial charge in [0.05, 0.1) is 36.8 Å². The number of alkyl halides is 3. The first-order chi connectivity index (χ1) is 21.8. The van der Waals surface area contributed by atoms with Crippen molar-refractivity contribution >= 4 is 23.5 Å². The average Bonchev–Trinajstić information content (AvgIpc) is 3.01. The molecule has 1 aromatic rings. The minimum Gasteiger partial charge on any atom is -0.490 e. The van der Waals surface area contributed by atoms with Crippen molar-refractivity contribution in [2.24, 2.45) is 5.92 Å². The molecule has 260 valence electrons. The molecule has 46 heavy (non-hydrogen) atoms. The van der Waals surface area contributed by atoms with Crippen LogP contribution in [0.2, 0.25) is 0 Å². The van der Waals surface area contributed by atoms with E-state index in [2.05, 4.69) is 10.6 Å². The molecule has 1 fully saturated rings. The predicted octanol–water partition coefficient (Wildman–Crippen LogP) is 5.74. The van der Waals surface area contributed by atoms with Gasteiger partial charge in [-0.25, -0.2) is 4.79 Å². The number of urea groups is 1. The van der Waals surface area contributed by atoms with Gasteiger partial charge in [-0.1, -0.05) is 26.2 Å². The highest BCUT2D eigenvalue weighted by Crippen LogP contribution is 2.29. The molecule has 1 aliphatic carbocycles. The topological polar surface area (TPSA) is 120 Å². The van der Waals surface area contributed by atoms with Gasteiger partial charge in [-0.2, -0.15) is 13.2 Å². The maximum atomic E-state index is 14.2. The van der Waals surface area contributed by atoms with Crippen LogP contribution >= 0.6 is 0 Å². The molecule has 0 spiro atoms. The lowest BCUT2D eigenvalue weighted by Gasteiger charge is -2.36. The second-order valence-electron chi connectivity index (χ2n) is 12.8. The second-order valence-corrected chi connectivity index (χ2v) is 12.8. The maximum Gasteiger partial charge on any atom is 0.389 e.